The Hall–Kier alpha value is -4.12. The molecule has 3 aromatic rings. The Morgan fingerprint density at radius 1 is 1.08 bits per heavy atom. The topological polar surface area (TPSA) is 128 Å². The third kappa shape index (κ3) is 6.00. The normalized spacial score (nSPS) is 15.6. The molecule has 3 aromatic carbocycles. The molecular formula is C26H27N3O7S. The molecule has 0 aliphatic carbocycles. The van der Waals surface area contributed by atoms with Crippen LogP contribution in [0.5, 0.6) is 5.75 Å². The van der Waals surface area contributed by atoms with Crippen LogP contribution in [0.4, 0.5) is 21.9 Å². The molecule has 1 unspecified atom stereocenters. The molecule has 10 nitrogen and oxygen atoms in total. The van der Waals surface area contributed by atoms with Gasteiger partial charge in [-0.2, -0.15) is 0 Å². The quantitative estimate of drug-likeness (QED) is 0.353. The van der Waals surface area contributed by atoms with Crippen molar-refractivity contribution in [3.63, 3.8) is 0 Å². The Bertz CT molecular complexity index is 1400. The minimum Gasteiger partial charge on any atom is -0.491 e. The average Bonchev–Trinajstić information content (AvgIpc) is 3.03. The van der Waals surface area contributed by atoms with E-state index in [-0.39, 0.29) is 41.1 Å². The maximum Gasteiger partial charge on any atom is 0.412 e. The van der Waals surface area contributed by atoms with Gasteiger partial charge in [0.15, 0.2) is 0 Å². The Morgan fingerprint density at radius 2 is 1.76 bits per heavy atom. The number of carbonyl (C=O) groups excluding carboxylic acids is 1. The summed E-state index contributed by atoms with van der Waals surface area (Å²) >= 11 is 0. The molecule has 1 amide bonds. The van der Waals surface area contributed by atoms with Gasteiger partial charge in [-0.3, -0.25) is 19.7 Å². The fourth-order valence-electron chi connectivity index (χ4n) is 3.90. The van der Waals surface area contributed by atoms with Gasteiger partial charge in [-0.05, 0) is 50.6 Å². The van der Waals surface area contributed by atoms with Gasteiger partial charge in [0.25, 0.3) is 15.7 Å². The highest BCUT2D eigenvalue weighted by molar-refractivity contribution is 7.92. The van der Waals surface area contributed by atoms with E-state index >= 15 is 0 Å². The molecule has 0 bridgehead atoms. The van der Waals surface area contributed by atoms with E-state index < -0.39 is 26.6 Å². The monoisotopic (exact) mass is 525 g/mol. The van der Waals surface area contributed by atoms with E-state index in [2.05, 4.69) is 5.32 Å². The first-order valence-electron chi connectivity index (χ1n) is 11.5. The summed E-state index contributed by atoms with van der Waals surface area (Å²) in [5.74, 6) is -0.0406. The maximum atomic E-state index is 13.8. The van der Waals surface area contributed by atoms with Crippen molar-refractivity contribution in [3.8, 4) is 5.75 Å². The molecule has 0 aromatic heterocycles. The van der Waals surface area contributed by atoms with Crippen molar-refractivity contribution in [1.82, 2.24) is 0 Å². The molecule has 1 atom stereocenters. The number of nitro groups is 1. The lowest BCUT2D eigenvalue weighted by molar-refractivity contribution is -0.384. The van der Waals surface area contributed by atoms with Crippen LogP contribution in [-0.2, 0) is 14.8 Å². The third-order valence-electron chi connectivity index (χ3n) is 5.61. The number of nitrogens with one attached hydrogen (secondary N) is 1. The number of non-ortho nitro benzene ring substituents is 1. The Balaban J connectivity index is 1.73. The highest BCUT2D eigenvalue weighted by Crippen LogP contribution is 2.39. The summed E-state index contributed by atoms with van der Waals surface area (Å²) in [5, 5.41) is 13.7. The van der Waals surface area contributed by atoms with Crippen LogP contribution >= 0.6 is 0 Å². The number of hydrogen-bond donors (Lipinski definition) is 1. The van der Waals surface area contributed by atoms with Crippen LogP contribution in [0.2, 0.25) is 0 Å². The van der Waals surface area contributed by atoms with Gasteiger partial charge in [-0.1, -0.05) is 30.3 Å². The van der Waals surface area contributed by atoms with Crippen molar-refractivity contribution in [2.24, 2.45) is 0 Å². The van der Waals surface area contributed by atoms with Crippen LogP contribution in [0, 0.1) is 10.1 Å². The summed E-state index contributed by atoms with van der Waals surface area (Å²) in [6.07, 6.45) is -0.654. The summed E-state index contributed by atoms with van der Waals surface area (Å²) in [6.45, 7) is 5.51. The first kappa shape index (κ1) is 26.0. The minimum atomic E-state index is -4.12. The summed E-state index contributed by atoms with van der Waals surface area (Å²) in [4.78, 5) is 22.6. The van der Waals surface area contributed by atoms with Crippen LogP contribution in [0.3, 0.4) is 0 Å². The van der Waals surface area contributed by atoms with E-state index in [1.807, 2.05) is 30.3 Å². The standard InChI is InChI=1S/C26H27N3O7S/c1-26(2,3)36-25(30)27-20-9-14-23-24(15-20)35-17-19(18-7-5-4-6-8-18)16-28(23)37(33,34)22-12-10-21(11-13-22)29(31)32/h4-15,19H,16-17H2,1-3H3,(H,27,30). The van der Waals surface area contributed by atoms with Crippen molar-refractivity contribution in [3.05, 3.63) is 88.5 Å². The molecule has 1 N–H and O–H groups in total. The molecule has 0 spiro atoms. The van der Waals surface area contributed by atoms with Crippen LogP contribution < -0.4 is 14.4 Å². The number of nitrogens with zero attached hydrogens (tertiary/aromatic N) is 2. The van der Waals surface area contributed by atoms with Gasteiger partial charge in [-0.25, -0.2) is 13.2 Å². The van der Waals surface area contributed by atoms with Gasteiger partial charge in [0.1, 0.15) is 11.4 Å². The van der Waals surface area contributed by atoms with Gasteiger partial charge in [-0.15, -0.1) is 0 Å². The highest BCUT2D eigenvalue weighted by atomic mass is 32.2. The van der Waals surface area contributed by atoms with E-state index in [1.165, 1.54) is 16.4 Å². The van der Waals surface area contributed by atoms with Gasteiger partial charge in [0, 0.05) is 36.3 Å². The van der Waals surface area contributed by atoms with Crippen molar-refractivity contribution >= 4 is 33.2 Å². The second-order valence-corrected chi connectivity index (χ2v) is 11.4. The summed E-state index contributed by atoms with van der Waals surface area (Å²) < 4.78 is 40.2. The van der Waals surface area contributed by atoms with Crippen molar-refractivity contribution < 1.29 is 27.6 Å². The van der Waals surface area contributed by atoms with Gasteiger partial charge < -0.3 is 9.47 Å². The fourth-order valence-corrected chi connectivity index (χ4v) is 5.42. The van der Waals surface area contributed by atoms with E-state index in [0.717, 1.165) is 17.7 Å². The minimum absolute atomic E-state index is 0.0785. The Labute approximate surface area is 215 Å². The number of hydrogen-bond acceptors (Lipinski definition) is 7. The molecule has 1 aliphatic heterocycles. The summed E-state index contributed by atoms with van der Waals surface area (Å²) in [5.41, 5.74) is 0.653. The largest absolute Gasteiger partial charge is 0.491 e. The number of benzene rings is 3. The molecule has 1 heterocycles. The second kappa shape index (κ2) is 10.1. The zero-order chi connectivity index (χ0) is 26.8. The summed E-state index contributed by atoms with van der Waals surface area (Å²) in [7, 11) is -4.12. The van der Waals surface area contributed by atoms with Gasteiger partial charge in [0.2, 0.25) is 0 Å². The lowest BCUT2D eigenvalue weighted by atomic mass is 10.0. The molecule has 0 radical (unpaired) electrons. The first-order valence-corrected chi connectivity index (χ1v) is 13.0. The van der Waals surface area contributed by atoms with E-state index in [4.69, 9.17) is 9.47 Å². The number of ether oxygens (including phenoxy) is 2. The van der Waals surface area contributed by atoms with E-state index in [1.54, 1.807) is 39.0 Å². The van der Waals surface area contributed by atoms with Gasteiger partial charge >= 0.3 is 6.09 Å². The predicted octanol–water partition coefficient (Wildman–Crippen LogP) is 5.31. The smallest absolute Gasteiger partial charge is 0.412 e. The third-order valence-corrected chi connectivity index (χ3v) is 7.40. The van der Waals surface area contributed by atoms with Crippen LogP contribution in [0.25, 0.3) is 0 Å². The highest BCUT2D eigenvalue weighted by Gasteiger charge is 2.34. The first-order chi connectivity index (χ1) is 17.4. The maximum absolute atomic E-state index is 13.8. The number of rotatable bonds is 5. The summed E-state index contributed by atoms with van der Waals surface area (Å²) in [6, 6.07) is 18.8. The molecule has 1 aliphatic rings. The molecule has 0 saturated carbocycles. The molecule has 0 saturated heterocycles. The molecule has 0 fully saturated rings. The zero-order valence-electron chi connectivity index (χ0n) is 20.6. The SMILES string of the molecule is CC(C)(C)OC(=O)Nc1ccc2c(c1)OCC(c1ccccc1)CN2S(=O)(=O)c1ccc([N+](=O)[O-])cc1. The lowest BCUT2D eigenvalue weighted by Crippen LogP contribution is -2.34. The lowest BCUT2D eigenvalue weighted by Gasteiger charge is -2.26. The predicted molar refractivity (Wildman–Crippen MR) is 139 cm³/mol. The second-order valence-electron chi connectivity index (χ2n) is 9.52. The number of nitro benzene ring substituents is 1. The Kier molecular flexibility index (Phi) is 7.08. The number of anilines is 2. The van der Waals surface area contributed by atoms with Crippen LogP contribution in [0.15, 0.2) is 77.7 Å². The number of fused-ring (bicyclic) bond motifs is 1. The van der Waals surface area contributed by atoms with Crippen LogP contribution in [-0.4, -0.2) is 38.2 Å². The van der Waals surface area contributed by atoms with Crippen molar-refractivity contribution in [2.75, 3.05) is 22.8 Å². The molecule has 4 rings (SSSR count). The molecule has 11 heteroatoms. The number of sulfonamides is 1. The Morgan fingerprint density at radius 3 is 2.38 bits per heavy atom. The van der Waals surface area contributed by atoms with Crippen molar-refractivity contribution in [1.29, 1.82) is 0 Å². The zero-order valence-corrected chi connectivity index (χ0v) is 21.4. The average molecular weight is 526 g/mol. The van der Waals surface area contributed by atoms with Crippen molar-refractivity contribution in [2.45, 2.75) is 37.2 Å². The number of carbonyl (C=O) groups is 1. The van der Waals surface area contributed by atoms with Crippen LogP contribution in [0.1, 0.15) is 32.3 Å². The molecule has 37 heavy (non-hydrogen) atoms. The molecule has 194 valence electrons. The van der Waals surface area contributed by atoms with E-state index in [0.29, 0.717) is 5.69 Å². The fraction of sp³-hybridized carbons (Fsp3) is 0.269. The molecular weight excluding hydrogens is 498 g/mol. The van der Waals surface area contributed by atoms with E-state index in [9.17, 15) is 23.3 Å². The van der Waals surface area contributed by atoms with Gasteiger partial charge in [0.05, 0.1) is 22.1 Å². The number of amides is 1.